The number of rotatable bonds is 4. The molecule has 0 aliphatic carbocycles. The topological polar surface area (TPSA) is 74.7 Å². The van der Waals surface area contributed by atoms with Crippen LogP contribution in [0.4, 0.5) is 0 Å². The molecule has 5 nitrogen and oxygen atoms in total. The average molecular weight is 382 g/mol. The summed E-state index contributed by atoms with van der Waals surface area (Å²) in [5, 5.41) is 9.33. The number of carbonyl (C=O) groups is 1. The van der Waals surface area contributed by atoms with Gasteiger partial charge in [-0.05, 0) is 47.3 Å². The maximum absolute atomic E-state index is 12.4. The maximum atomic E-state index is 12.4. The van der Waals surface area contributed by atoms with Gasteiger partial charge in [-0.2, -0.15) is 4.31 Å². The van der Waals surface area contributed by atoms with Crippen LogP contribution in [0, 0.1) is 5.41 Å². The number of halogens is 1. The van der Waals surface area contributed by atoms with Crippen molar-refractivity contribution in [1.29, 1.82) is 0 Å². The Morgan fingerprint density at radius 1 is 1.45 bits per heavy atom. The molecule has 0 bridgehead atoms. The molecule has 1 aromatic rings. The molecule has 20 heavy (non-hydrogen) atoms. The molecule has 8 heteroatoms. The van der Waals surface area contributed by atoms with Crippen molar-refractivity contribution < 1.29 is 18.3 Å². The van der Waals surface area contributed by atoms with Crippen molar-refractivity contribution in [2.45, 2.75) is 30.4 Å². The van der Waals surface area contributed by atoms with Crippen LogP contribution in [0.5, 0.6) is 0 Å². The van der Waals surface area contributed by atoms with Crippen LogP contribution in [0.2, 0.25) is 0 Å². The summed E-state index contributed by atoms with van der Waals surface area (Å²) in [4.78, 5) is 11.4. The Hall–Kier alpha value is -0.440. The summed E-state index contributed by atoms with van der Waals surface area (Å²) in [5.74, 6) is -0.823. The molecule has 0 aromatic carbocycles. The van der Waals surface area contributed by atoms with Gasteiger partial charge in [0.1, 0.15) is 4.21 Å². The Balaban J connectivity index is 2.16. The van der Waals surface area contributed by atoms with Crippen molar-refractivity contribution in [3.05, 3.63) is 15.9 Å². The normalized spacial score (nSPS) is 19.9. The summed E-state index contributed by atoms with van der Waals surface area (Å²) < 4.78 is 27.3. The van der Waals surface area contributed by atoms with E-state index >= 15 is 0 Å². The van der Waals surface area contributed by atoms with Gasteiger partial charge < -0.3 is 5.11 Å². The first-order valence-corrected chi connectivity index (χ1v) is 9.36. The molecule has 1 N–H and O–H groups in total. The van der Waals surface area contributed by atoms with E-state index in [0.717, 1.165) is 3.79 Å². The fraction of sp³-hybridized carbons (Fsp3) is 0.583. The second-order valence-corrected chi connectivity index (χ2v) is 9.53. The lowest BCUT2D eigenvalue weighted by Gasteiger charge is -2.37. The zero-order valence-corrected chi connectivity index (χ0v) is 14.2. The lowest BCUT2D eigenvalue weighted by Crippen LogP contribution is -2.46. The van der Waals surface area contributed by atoms with E-state index in [4.69, 9.17) is 0 Å². The van der Waals surface area contributed by atoms with E-state index in [9.17, 15) is 18.3 Å². The third kappa shape index (κ3) is 2.79. The lowest BCUT2D eigenvalue weighted by atomic mass is 9.77. The fourth-order valence-corrected chi connectivity index (χ4v) is 6.04. The van der Waals surface area contributed by atoms with E-state index in [-0.39, 0.29) is 13.1 Å². The van der Waals surface area contributed by atoms with Gasteiger partial charge in [0.05, 0.1) is 9.20 Å². The van der Waals surface area contributed by atoms with E-state index in [1.807, 2.05) is 6.92 Å². The molecule has 1 fully saturated rings. The Morgan fingerprint density at radius 2 is 2.05 bits per heavy atom. The Bertz CT molecular complexity index is 603. The largest absolute Gasteiger partial charge is 0.481 e. The van der Waals surface area contributed by atoms with Crippen molar-refractivity contribution >= 4 is 43.3 Å². The summed E-state index contributed by atoms with van der Waals surface area (Å²) >= 11 is 4.43. The van der Waals surface area contributed by atoms with Gasteiger partial charge in [-0.15, -0.1) is 11.3 Å². The molecule has 1 aromatic heterocycles. The molecule has 1 saturated heterocycles. The molecule has 0 spiro atoms. The number of sulfonamides is 1. The van der Waals surface area contributed by atoms with Crippen LogP contribution < -0.4 is 0 Å². The maximum Gasteiger partial charge on any atom is 0.309 e. The second kappa shape index (κ2) is 5.75. The number of hydrogen-bond donors (Lipinski definition) is 1. The summed E-state index contributed by atoms with van der Waals surface area (Å²) in [5.41, 5.74) is -0.776. The first kappa shape index (κ1) is 15.9. The van der Waals surface area contributed by atoms with Gasteiger partial charge in [-0.3, -0.25) is 4.79 Å². The molecule has 0 amide bonds. The number of thiophene rings is 1. The zero-order valence-electron chi connectivity index (χ0n) is 11.0. The highest BCUT2D eigenvalue weighted by Crippen LogP contribution is 2.38. The predicted octanol–water partition coefficient (Wildman–Crippen LogP) is 2.78. The van der Waals surface area contributed by atoms with Crippen molar-refractivity contribution in [3.8, 4) is 0 Å². The van der Waals surface area contributed by atoms with Gasteiger partial charge in [0.15, 0.2) is 0 Å². The molecule has 0 unspecified atom stereocenters. The summed E-state index contributed by atoms with van der Waals surface area (Å²) in [7, 11) is -3.50. The van der Waals surface area contributed by atoms with Crippen LogP contribution >= 0.6 is 27.3 Å². The van der Waals surface area contributed by atoms with E-state index in [1.165, 1.54) is 15.6 Å². The van der Waals surface area contributed by atoms with Crippen LogP contribution in [0.15, 0.2) is 20.1 Å². The zero-order chi connectivity index (χ0) is 15.0. The van der Waals surface area contributed by atoms with Gasteiger partial charge in [0.25, 0.3) is 10.0 Å². The summed E-state index contributed by atoms with van der Waals surface area (Å²) in [6.45, 7) is 2.37. The van der Waals surface area contributed by atoms with Gasteiger partial charge in [0.2, 0.25) is 0 Å². The lowest BCUT2D eigenvalue weighted by molar-refractivity contribution is -0.151. The number of aliphatic carboxylic acids is 1. The van der Waals surface area contributed by atoms with Crippen molar-refractivity contribution in [2.75, 3.05) is 13.1 Å². The third-order valence-electron chi connectivity index (χ3n) is 3.95. The van der Waals surface area contributed by atoms with Gasteiger partial charge in [-0.25, -0.2) is 8.42 Å². The third-order valence-corrected chi connectivity index (χ3v) is 7.94. The molecule has 2 rings (SSSR count). The fourth-order valence-electron chi connectivity index (χ4n) is 2.44. The van der Waals surface area contributed by atoms with E-state index in [1.54, 1.807) is 12.1 Å². The first-order chi connectivity index (χ1) is 9.32. The standard InChI is InChI=1S/C12H16BrNO4S2/c1-2-12(11(15)16)5-7-14(8-6-12)20(17,18)10-4-3-9(13)19-10/h3-4H,2,5-8H2,1H3,(H,15,16). The molecule has 0 atom stereocenters. The number of carboxylic acids is 1. The molecule has 0 saturated carbocycles. The van der Waals surface area contributed by atoms with Crippen LogP contribution in [-0.4, -0.2) is 36.9 Å². The van der Waals surface area contributed by atoms with Gasteiger partial charge in [-0.1, -0.05) is 6.92 Å². The monoisotopic (exact) mass is 381 g/mol. The van der Waals surface area contributed by atoms with Crippen LogP contribution in [-0.2, 0) is 14.8 Å². The molecule has 2 heterocycles. The number of piperidine rings is 1. The minimum Gasteiger partial charge on any atom is -0.481 e. The van der Waals surface area contributed by atoms with E-state index in [2.05, 4.69) is 15.9 Å². The number of nitrogens with zero attached hydrogens (tertiary/aromatic N) is 1. The Morgan fingerprint density at radius 3 is 2.45 bits per heavy atom. The summed E-state index contributed by atoms with van der Waals surface area (Å²) in [6.07, 6.45) is 1.26. The molecule has 1 aliphatic rings. The number of hydrogen-bond acceptors (Lipinski definition) is 4. The van der Waals surface area contributed by atoms with Gasteiger partial charge in [0, 0.05) is 13.1 Å². The van der Waals surface area contributed by atoms with Crippen LogP contribution in [0.25, 0.3) is 0 Å². The minimum absolute atomic E-state index is 0.262. The van der Waals surface area contributed by atoms with Gasteiger partial charge >= 0.3 is 5.97 Å². The predicted molar refractivity (Wildman–Crippen MR) is 80.4 cm³/mol. The number of carboxylic acid groups (broad SMARTS) is 1. The second-order valence-electron chi connectivity index (χ2n) is 4.90. The SMILES string of the molecule is CCC1(C(=O)O)CCN(S(=O)(=O)c2ccc(Br)s2)CC1. The van der Waals surface area contributed by atoms with E-state index in [0.29, 0.717) is 23.5 Å². The molecular weight excluding hydrogens is 366 g/mol. The van der Waals surface area contributed by atoms with Crippen molar-refractivity contribution in [2.24, 2.45) is 5.41 Å². The summed E-state index contributed by atoms with van der Waals surface area (Å²) in [6, 6.07) is 3.28. The quantitative estimate of drug-likeness (QED) is 0.869. The molecule has 112 valence electrons. The first-order valence-electron chi connectivity index (χ1n) is 6.31. The highest BCUT2D eigenvalue weighted by atomic mass is 79.9. The van der Waals surface area contributed by atoms with Crippen molar-refractivity contribution in [1.82, 2.24) is 4.31 Å². The Labute approximate surface area is 130 Å². The van der Waals surface area contributed by atoms with E-state index < -0.39 is 21.4 Å². The average Bonchev–Trinajstić information content (AvgIpc) is 2.86. The van der Waals surface area contributed by atoms with Crippen molar-refractivity contribution in [3.63, 3.8) is 0 Å². The minimum atomic E-state index is -3.50. The van der Waals surface area contributed by atoms with Crippen LogP contribution in [0.3, 0.4) is 0 Å². The highest BCUT2D eigenvalue weighted by molar-refractivity contribution is 9.11. The van der Waals surface area contributed by atoms with Crippen LogP contribution in [0.1, 0.15) is 26.2 Å². The smallest absolute Gasteiger partial charge is 0.309 e. The molecule has 0 radical (unpaired) electrons. The molecule has 1 aliphatic heterocycles. The Kier molecular flexibility index (Phi) is 4.58. The molecular formula is C12H16BrNO4S2. The highest BCUT2D eigenvalue weighted by Gasteiger charge is 2.42.